The third-order valence-electron chi connectivity index (χ3n) is 8.53. The molecule has 3 saturated heterocycles. The van der Waals surface area contributed by atoms with Gasteiger partial charge < -0.3 is 47.7 Å². The number of epoxide rings is 3. The quantitative estimate of drug-likeness (QED) is 0.0344. The highest BCUT2D eigenvalue weighted by atomic mass is 35.5. The number of hydrogen-bond donors (Lipinski definition) is 1. The first-order valence-electron chi connectivity index (χ1n) is 22.2. The fourth-order valence-corrected chi connectivity index (χ4v) is 5.48. The van der Waals surface area contributed by atoms with E-state index < -0.39 is 0 Å². The number of allylic oxidation sites excluding steroid dienone is 4. The lowest BCUT2D eigenvalue weighted by Crippen LogP contribution is -2.10. The summed E-state index contributed by atoms with van der Waals surface area (Å²) in [6.45, 7) is 20.5. The number of hydrogen-bond acceptors (Lipinski definition) is 19. The lowest BCUT2D eigenvalue weighted by atomic mass is 10.3. The summed E-state index contributed by atoms with van der Waals surface area (Å²) in [5.41, 5.74) is 0. The van der Waals surface area contributed by atoms with Crippen LogP contribution in [0.15, 0.2) is 50.6 Å². The van der Waals surface area contributed by atoms with Crippen LogP contribution in [0.2, 0.25) is 15.9 Å². The van der Waals surface area contributed by atoms with Crippen molar-refractivity contribution < 1.29 is 47.7 Å². The lowest BCUT2D eigenvalue weighted by Gasteiger charge is -2.09. The van der Waals surface area contributed by atoms with Crippen molar-refractivity contribution in [3.8, 4) is 36.1 Å². The number of nitrogens with zero attached hydrogens (tertiary/aromatic N) is 9. The first-order valence-corrected chi connectivity index (χ1v) is 23.3. The zero-order valence-electron chi connectivity index (χ0n) is 37.6. The maximum atomic E-state index is 8.15. The van der Waals surface area contributed by atoms with Crippen molar-refractivity contribution in [2.75, 3.05) is 66.1 Å². The van der Waals surface area contributed by atoms with E-state index in [0.29, 0.717) is 58.0 Å². The molecule has 0 amide bonds. The van der Waals surface area contributed by atoms with Gasteiger partial charge in [0.05, 0.1) is 77.8 Å². The number of ether oxygens (including phenoxy) is 9. The second kappa shape index (κ2) is 35.7. The standard InChI is InChI=1S/C18H27N3O6.C18H27N3O3.C5H10O.C3Cl3N3/c1(4-13-10-25-13)7-22-16-19-17(23-8-2-5-14-11-26-14)21-18(20-16)24-9-3-6-15-12-27-15;1-4-7-10-13-22-16-19-17(23-14-11-8-5-2)21-18(20-16)24-15-12-9-6-3;1-2-3-4-5-6;4-1-7-2(5)9-3(6)8-1/h13-15H,1-12H2;4-6H,1-3,7-15H2;2,6H,1,3-5H2;. The summed E-state index contributed by atoms with van der Waals surface area (Å²) in [6.07, 6.45) is 21.1. The number of aromatic nitrogens is 9. The molecular formula is C44H64Cl3N9O10. The molecular weight excluding hydrogens is 921 g/mol. The van der Waals surface area contributed by atoms with Gasteiger partial charge in [0.25, 0.3) is 0 Å². The maximum Gasteiger partial charge on any atom is 0.325 e. The Morgan fingerprint density at radius 2 is 0.636 bits per heavy atom. The van der Waals surface area contributed by atoms with Gasteiger partial charge in [0.1, 0.15) is 0 Å². The summed E-state index contributed by atoms with van der Waals surface area (Å²) in [5, 5.41) is 8.15. The van der Waals surface area contributed by atoms with Crippen molar-refractivity contribution in [1.29, 1.82) is 0 Å². The summed E-state index contributed by atoms with van der Waals surface area (Å²) < 4.78 is 49.2. The molecule has 3 atom stereocenters. The third-order valence-corrected chi connectivity index (χ3v) is 9.04. The van der Waals surface area contributed by atoms with Gasteiger partial charge in [0.2, 0.25) is 15.9 Å². The van der Waals surface area contributed by atoms with Gasteiger partial charge in [0.15, 0.2) is 0 Å². The normalized spacial score (nSPS) is 16.0. The summed E-state index contributed by atoms with van der Waals surface area (Å²) in [5.74, 6) is 0. The van der Waals surface area contributed by atoms with Crippen LogP contribution in [0, 0.1) is 0 Å². The van der Waals surface area contributed by atoms with Gasteiger partial charge in [-0.3, -0.25) is 0 Å². The van der Waals surface area contributed by atoms with E-state index in [2.05, 4.69) is 71.2 Å². The molecule has 3 aromatic rings. The van der Waals surface area contributed by atoms with Crippen molar-refractivity contribution in [3.63, 3.8) is 0 Å². The Hall–Kier alpha value is -4.50. The molecule has 3 aliphatic heterocycles. The minimum absolute atomic E-state index is 0.000000000000000444. The topological polar surface area (TPSA) is 229 Å². The molecule has 0 spiro atoms. The van der Waals surface area contributed by atoms with E-state index in [1.165, 1.54) is 0 Å². The van der Waals surface area contributed by atoms with E-state index in [0.717, 1.165) is 110 Å². The van der Waals surface area contributed by atoms with Gasteiger partial charge in [-0.05, 0) is 125 Å². The van der Waals surface area contributed by atoms with E-state index in [9.17, 15) is 0 Å². The van der Waals surface area contributed by atoms with Gasteiger partial charge >= 0.3 is 36.1 Å². The molecule has 3 aliphatic rings. The Balaban J connectivity index is 0.000000269. The minimum atomic E-state index is 0.000000000000000444. The van der Waals surface area contributed by atoms with Gasteiger partial charge in [0, 0.05) is 6.61 Å². The Labute approximate surface area is 402 Å². The third kappa shape index (κ3) is 29.9. The lowest BCUT2D eigenvalue weighted by molar-refractivity contribution is 0.223. The van der Waals surface area contributed by atoms with E-state index >= 15 is 0 Å². The molecule has 1 N–H and O–H groups in total. The summed E-state index contributed by atoms with van der Waals surface area (Å²) >= 11 is 16.0. The van der Waals surface area contributed by atoms with Gasteiger partial charge in [-0.25, -0.2) is 0 Å². The molecule has 3 aromatic heterocycles. The van der Waals surface area contributed by atoms with Gasteiger partial charge in [-0.1, -0.05) is 24.3 Å². The first-order chi connectivity index (χ1) is 32.2. The molecule has 3 unspecified atom stereocenters. The molecule has 0 aliphatic carbocycles. The van der Waals surface area contributed by atoms with Crippen molar-refractivity contribution >= 4 is 34.8 Å². The summed E-state index contributed by atoms with van der Waals surface area (Å²) in [4.78, 5) is 35.6. The van der Waals surface area contributed by atoms with Crippen LogP contribution in [-0.4, -0.2) is 134 Å². The monoisotopic (exact) mass is 983 g/mol. The van der Waals surface area contributed by atoms with E-state index in [1.54, 1.807) is 6.08 Å². The molecule has 22 heteroatoms. The fourth-order valence-electron chi connectivity index (χ4n) is 4.87. The predicted octanol–water partition coefficient (Wildman–Crippen LogP) is 8.23. The molecule has 0 bridgehead atoms. The molecule has 0 radical (unpaired) electrons. The summed E-state index contributed by atoms with van der Waals surface area (Å²) in [6, 6.07) is 1.36. The number of unbranched alkanes of at least 4 members (excludes halogenated alkanes) is 4. The molecule has 0 saturated carbocycles. The number of halogens is 3. The average Bonchev–Trinajstić information content (AvgIpc) is 4.15. The van der Waals surface area contributed by atoms with Crippen LogP contribution in [0.1, 0.15) is 89.9 Å². The Kier molecular flexibility index (Phi) is 30.2. The van der Waals surface area contributed by atoms with Gasteiger partial charge in [-0.15, -0.1) is 56.2 Å². The van der Waals surface area contributed by atoms with Crippen LogP contribution in [0.5, 0.6) is 36.1 Å². The van der Waals surface area contributed by atoms with Crippen LogP contribution in [0.4, 0.5) is 0 Å². The van der Waals surface area contributed by atoms with Crippen molar-refractivity contribution in [3.05, 3.63) is 66.5 Å². The van der Waals surface area contributed by atoms with Crippen molar-refractivity contribution in [2.45, 2.75) is 108 Å². The van der Waals surface area contributed by atoms with Crippen LogP contribution in [0.25, 0.3) is 0 Å². The average molecular weight is 985 g/mol. The van der Waals surface area contributed by atoms with Crippen LogP contribution in [-0.2, 0) is 14.2 Å². The molecule has 3 fully saturated rings. The van der Waals surface area contributed by atoms with Crippen LogP contribution < -0.4 is 28.4 Å². The Bertz CT molecular complexity index is 1590. The highest BCUT2D eigenvalue weighted by Crippen LogP contribution is 2.21. The van der Waals surface area contributed by atoms with Crippen molar-refractivity contribution in [2.24, 2.45) is 0 Å². The smallest absolute Gasteiger partial charge is 0.325 e. The number of rotatable bonds is 33. The van der Waals surface area contributed by atoms with E-state index in [-0.39, 0.29) is 58.5 Å². The van der Waals surface area contributed by atoms with E-state index in [4.69, 9.17) is 82.5 Å². The molecule has 0 aromatic carbocycles. The molecule has 6 rings (SSSR count). The second-order valence-corrected chi connectivity index (χ2v) is 15.4. The predicted molar refractivity (Wildman–Crippen MR) is 249 cm³/mol. The molecule has 366 valence electrons. The largest absolute Gasteiger partial charge is 0.463 e. The Morgan fingerprint density at radius 3 is 0.833 bits per heavy atom. The zero-order valence-corrected chi connectivity index (χ0v) is 39.9. The highest BCUT2D eigenvalue weighted by Gasteiger charge is 2.23. The molecule has 6 heterocycles. The molecule has 19 nitrogen and oxygen atoms in total. The zero-order chi connectivity index (χ0) is 47.5. The summed E-state index contributed by atoms with van der Waals surface area (Å²) in [7, 11) is 0. The Morgan fingerprint density at radius 1 is 0.409 bits per heavy atom. The first kappa shape index (κ1) is 55.8. The van der Waals surface area contributed by atoms with Crippen LogP contribution >= 0.6 is 34.8 Å². The fraction of sp³-hybridized carbons (Fsp3) is 0.614. The van der Waals surface area contributed by atoms with E-state index in [1.807, 2.05) is 18.2 Å². The number of aliphatic hydroxyl groups is 1. The highest BCUT2D eigenvalue weighted by molar-refractivity contribution is 6.33. The van der Waals surface area contributed by atoms with Gasteiger partial charge in [-0.2, -0.15) is 15.0 Å². The number of aliphatic hydroxyl groups excluding tert-OH is 1. The molecule has 66 heavy (non-hydrogen) atoms. The SMILES string of the molecule is C(COc1nc(OCCCC2CO2)nc(OCCCC2CO2)n1)CC1CO1.C=CCCCO.C=CCCCOc1nc(OCCCC=C)nc(OCCCC=C)n1.Clc1nc(Cl)nc(Cl)n1. The maximum absolute atomic E-state index is 8.15. The van der Waals surface area contributed by atoms with Crippen molar-refractivity contribution in [1.82, 2.24) is 44.9 Å². The second-order valence-electron chi connectivity index (χ2n) is 14.3. The minimum Gasteiger partial charge on any atom is -0.463 e. The van der Waals surface area contributed by atoms with Crippen LogP contribution in [0.3, 0.4) is 0 Å².